The number of anilines is 1. The number of carboxylic acids is 1. The number of H-pyrrole nitrogens is 1. The summed E-state index contributed by atoms with van der Waals surface area (Å²) < 4.78 is 0. The maximum atomic E-state index is 10.4. The third kappa shape index (κ3) is 2.35. The van der Waals surface area contributed by atoms with E-state index in [0.29, 0.717) is 5.69 Å². The summed E-state index contributed by atoms with van der Waals surface area (Å²) in [5.41, 5.74) is 8.07. The van der Waals surface area contributed by atoms with Crippen LogP contribution in [0.25, 0.3) is 17.0 Å². The van der Waals surface area contributed by atoms with Crippen LogP contribution < -0.4 is 5.73 Å². The van der Waals surface area contributed by atoms with Crippen molar-refractivity contribution < 1.29 is 9.90 Å². The molecular weight excluding hydrogens is 228 g/mol. The fourth-order valence-electron chi connectivity index (χ4n) is 1.46. The quantitative estimate of drug-likeness (QED) is 0.555. The lowest BCUT2D eigenvalue weighted by atomic mass is 10.1. The van der Waals surface area contributed by atoms with Crippen LogP contribution in [0.3, 0.4) is 0 Å². The van der Waals surface area contributed by atoms with Crippen LogP contribution in [0, 0.1) is 0 Å². The Morgan fingerprint density at radius 2 is 2.19 bits per heavy atom. The van der Waals surface area contributed by atoms with Gasteiger partial charge in [0.1, 0.15) is 0 Å². The lowest BCUT2D eigenvalue weighted by Crippen LogP contribution is -1.85. The number of hydrogen-bond acceptors (Lipinski definition) is 2. The Morgan fingerprint density at radius 1 is 1.44 bits per heavy atom. The molecule has 5 heteroatoms. The molecule has 0 spiro atoms. The summed E-state index contributed by atoms with van der Waals surface area (Å²) in [6, 6.07) is 5.47. The number of rotatable bonds is 2. The molecule has 1 aromatic heterocycles. The van der Waals surface area contributed by atoms with Crippen molar-refractivity contribution >= 4 is 41.0 Å². The Kier molecular flexibility index (Phi) is 3.58. The number of carboxylic acid groups (broad SMARTS) is 1. The molecule has 0 atom stereocenters. The molecule has 0 saturated heterocycles. The highest BCUT2D eigenvalue weighted by Gasteiger charge is 2.01. The first kappa shape index (κ1) is 12.1. The second-order valence-corrected chi connectivity index (χ2v) is 3.22. The number of nitrogen functional groups attached to an aromatic ring is 1. The molecule has 2 rings (SSSR count). The highest BCUT2D eigenvalue weighted by Crippen LogP contribution is 2.21. The number of fused-ring (bicyclic) bond motifs is 1. The number of benzene rings is 1. The average Bonchev–Trinajstić information content (AvgIpc) is 2.57. The molecule has 0 amide bonds. The Balaban J connectivity index is 0.00000128. The number of aliphatic carboxylic acids is 1. The molecule has 0 unspecified atom stereocenters. The second-order valence-electron chi connectivity index (χ2n) is 3.22. The van der Waals surface area contributed by atoms with E-state index in [4.69, 9.17) is 10.8 Å². The minimum Gasteiger partial charge on any atom is -0.478 e. The van der Waals surface area contributed by atoms with Gasteiger partial charge in [0.25, 0.3) is 0 Å². The number of hydrogen-bond donors (Lipinski definition) is 3. The lowest BCUT2D eigenvalue weighted by molar-refractivity contribution is -0.131. The summed E-state index contributed by atoms with van der Waals surface area (Å²) in [5.74, 6) is -0.965. The van der Waals surface area contributed by atoms with E-state index in [1.165, 1.54) is 0 Å². The summed E-state index contributed by atoms with van der Waals surface area (Å²) >= 11 is 0. The van der Waals surface area contributed by atoms with Crippen molar-refractivity contribution in [1.29, 1.82) is 0 Å². The van der Waals surface area contributed by atoms with Crippen molar-refractivity contribution in [2.24, 2.45) is 0 Å². The Hall–Kier alpha value is -1.94. The molecule has 4 N–H and O–H groups in total. The number of halogens is 1. The van der Waals surface area contributed by atoms with Gasteiger partial charge in [0, 0.05) is 34.4 Å². The molecule has 16 heavy (non-hydrogen) atoms. The van der Waals surface area contributed by atoms with E-state index in [-0.39, 0.29) is 12.4 Å². The summed E-state index contributed by atoms with van der Waals surface area (Å²) in [7, 11) is 0. The van der Waals surface area contributed by atoms with Crippen LogP contribution in [0.4, 0.5) is 5.69 Å². The first-order valence-electron chi connectivity index (χ1n) is 4.44. The summed E-state index contributed by atoms with van der Waals surface area (Å²) in [4.78, 5) is 13.4. The third-order valence-corrected chi connectivity index (χ3v) is 2.14. The van der Waals surface area contributed by atoms with Crippen molar-refractivity contribution in [3.8, 4) is 0 Å². The van der Waals surface area contributed by atoms with E-state index in [2.05, 4.69) is 4.98 Å². The number of nitrogens with one attached hydrogen (secondary N) is 1. The number of aromatic amines is 1. The van der Waals surface area contributed by atoms with Gasteiger partial charge in [0.2, 0.25) is 0 Å². The Morgan fingerprint density at radius 3 is 2.88 bits per heavy atom. The van der Waals surface area contributed by atoms with E-state index < -0.39 is 5.97 Å². The summed E-state index contributed by atoms with van der Waals surface area (Å²) in [6.07, 6.45) is 4.40. The first-order valence-corrected chi connectivity index (χ1v) is 4.44. The molecule has 0 bridgehead atoms. The van der Waals surface area contributed by atoms with E-state index in [1.807, 2.05) is 12.1 Å². The third-order valence-electron chi connectivity index (χ3n) is 2.14. The fourth-order valence-corrected chi connectivity index (χ4v) is 1.46. The van der Waals surface area contributed by atoms with E-state index in [0.717, 1.165) is 22.5 Å². The van der Waals surface area contributed by atoms with Crippen molar-refractivity contribution in [3.63, 3.8) is 0 Å². The van der Waals surface area contributed by atoms with Crippen LogP contribution in [0.5, 0.6) is 0 Å². The van der Waals surface area contributed by atoms with Gasteiger partial charge in [-0.2, -0.15) is 0 Å². The van der Waals surface area contributed by atoms with Crippen molar-refractivity contribution in [2.75, 3.05) is 5.73 Å². The van der Waals surface area contributed by atoms with Gasteiger partial charge in [-0.05, 0) is 24.3 Å². The maximum Gasteiger partial charge on any atom is 0.328 e. The molecular formula is C11H11ClN2O2. The average molecular weight is 239 g/mol. The van der Waals surface area contributed by atoms with Crippen LogP contribution in [-0.4, -0.2) is 16.1 Å². The zero-order valence-electron chi connectivity index (χ0n) is 8.31. The smallest absolute Gasteiger partial charge is 0.328 e. The van der Waals surface area contributed by atoms with Gasteiger partial charge in [-0.15, -0.1) is 12.4 Å². The second kappa shape index (κ2) is 4.72. The molecule has 0 saturated carbocycles. The monoisotopic (exact) mass is 238 g/mol. The highest BCUT2D eigenvalue weighted by atomic mass is 35.5. The zero-order chi connectivity index (χ0) is 10.8. The maximum absolute atomic E-state index is 10.4. The molecule has 0 aliphatic carbocycles. The molecule has 0 radical (unpaired) electrons. The standard InChI is InChI=1S/C11H10N2O2.ClH/c12-8-2-3-10-9(5-8)7(6-13-10)1-4-11(14)15;/h1-6,13H,12H2,(H,14,15);1H/b4-1+;. The molecule has 0 fully saturated rings. The van der Waals surface area contributed by atoms with Crippen molar-refractivity contribution in [2.45, 2.75) is 0 Å². The molecule has 4 nitrogen and oxygen atoms in total. The fraction of sp³-hybridized carbons (Fsp3) is 0. The highest BCUT2D eigenvalue weighted by molar-refractivity contribution is 5.94. The van der Waals surface area contributed by atoms with Gasteiger partial charge >= 0.3 is 5.97 Å². The van der Waals surface area contributed by atoms with Crippen LogP contribution in [-0.2, 0) is 4.79 Å². The van der Waals surface area contributed by atoms with Gasteiger partial charge in [0.15, 0.2) is 0 Å². The van der Waals surface area contributed by atoms with E-state index >= 15 is 0 Å². The van der Waals surface area contributed by atoms with Gasteiger partial charge in [-0.3, -0.25) is 0 Å². The van der Waals surface area contributed by atoms with Gasteiger partial charge in [0.05, 0.1) is 0 Å². The summed E-state index contributed by atoms with van der Waals surface area (Å²) in [5, 5.41) is 9.44. The minimum atomic E-state index is -0.965. The van der Waals surface area contributed by atoms with Gasteiger partial charge in [-0.1, -0.05) is 0 Å². The topological polar surface area (TPSA) is 79.1 Å². The minimum absolute atomic E-state index is 0. The predicted octanol–water partition coefficient (Wildman–Crippen LogP) is 2.27. The number of aromatic nitrogens is 1. The predicted molar refractivity (Wildman–Crippen MR) is 66.6 cm³/mol. The first-order chi connectivity index (χ1) is 7.16. The molecule has 84 valence electrons. The summed E-state index contributed by atoms with van der Waals surface area (Å²) in [6.45, 7) is 0. The van der Waals surface area contributed by atoms with Crippen LogP contribution in [0.1, 0.15) is 5.56 Å². The number of nitrogens with two attached hydrogens (primary N) is 1. The van der Waals surface area contributed by atoms with Crippen LogP contribution in [0.15, 0.2) is 30.5 Å². The molecule has 0 aliphatic heterocycles. The zero-order valence-corrected chi connectivity index (χ0v) is 9.12. The number of carbonyl (C=O) groups is 1. The Labute approximate surface area is 98.2 Å². The van der Waals surface area contributed by atoms with Crippen LogP contribution in [0.2, 0.25) is 0 Å². The van der Waals surface area contributed by atoms with Crippen molar-refractivity contribution in [1.82, 2.24) is 4.98 Å². The van der Waals surface area contributed by atoms with Crippen LogP contribution >= 0.6 is 12.4 Å². The molecule has 1 aromatic carbocycles. The van der Waals surface area contributed by atoms with E-state index in [1.54, 1.807) is 18.3 Å². The lowest BCUT2D eigenvalue weighted by Gasteiger charge is -1.94. The Bertz CT molecular complexity index is 546. The molecule has 0 aliphatic rings. The molecule has 1 heterocycles. The largest absolute Gasteiger partial charge is 0.478 e. The van der Waals surface area contributed by atoms with Gasteiger partial charge in [-0.25, -0.2) is 4.79 Å². The normalized spacial score (nSPS) is 10.5. The SMILES string of the molecule is Cl.Nc1ccc2[nH]cc(/C=C/C(=O)O)c2c1. The van der Waals surface area contributed by atoms with Gasteiger partial charge < -0.3 is 15.8 Å². The van der Waals surface area contributed by atoms with E-state index in [9.17, 15) is 4.79 Å². The molecule has 2 aromatic rings. The van der Waals surface area contributed by atoms with Crippen molar-refractivity contribution in [3.05, 3.63) is 36.0 Å².